The molecule has 22 heavy (non-hydrogen) atoms. The van der Waals surface area contributed by atoms with Crippen LogP contribution in [0.5, 0.6) is 0 Å². The Morgan fingerprint density at radius 1 is 1.18 bits per heavy atom. The van der Waals surface area contributed by atoms with Gasteiger partial charge in [-0.15, -0.1) is 0 Å². The maximum absolute atomic E-state index is 12.1. The first-order chi connectivity index (χ1) is 10.5. The Labute approximate surface area is 132 Å². The van der Waals surface area contributed by atoms with Gasteiger partial charge in [-0.1, -0.05) is 27.2 Å². The van der Waals surface area contributed by atoms with E-state index in [0.717, 1.165) is 6.42 Å². The van der Waals surface area contributed by atoms with Gasteiger partial charge in [-0.2, -0.15) is 0 Å². The van der Waals surface area contributed by atoms with Crippen molar-refractivity contribution in [2.24, 2.45) is 11.8 Å². The molecule has 0 heterocycles. The second kappa shape index (κ2) is 9.20. The third-order valence-electron chi connectivity index (χ3n) is 3.95. The van der Waals surface area contributed by atoms with E-state index >= 15 is 0 Å². The van der Waals surface area contributed by atoms with Crippen LogP contribution in [-0.2, 0) is 4.79 Å². The summed E-state index contributed by atoms with van der Waals surface area (Å²) in [5, 5.41) is 14.3. The van der Waals surface area contributed by atoms with Crippen molar-refractivity contribution in [1.29, 1.82) is 0 Å². The van der Waals surface area contributed by atoms with Gasteiger partial charge in [0, 0.05) is 30.3 Å². The van der Waals surface area contributed by atoms with E-state index in [1.54, 1.807) is 24.3 Å². The Kier molecular flexibility index (Phi) is 7.60. The lowest BCUT2D eigenvalue weighted by atomic mass is 9.93. The fraction of sp³-hybridized carbons (Fsp3) is 0.529. The predicted octanol–water partition coefficient (Wildman–Crippen LogP) is 2.42. The summed E-state index contributed by atoms with van der Waals surface area (Å²) in [5.74, 6) is 0.0943. The maximum Gasteiger partial charge on any atom is 0.251 e. The molecule has 1 aromatic carbocycles. The number of aliphatic hydroxyl groups excluding tert-OH is 1. The molecule has 2 atom stereocenters. The average Bonchev–Trinajstić information content (AvgIpc) is 2.54. The van der Waals surface area contributed by atoms with Crippen LogP contribution in [0.3, 0.4) is 0 Å². The molecule has 0 saturated heterocycles. The van der Waals surface area contributed by atoms with Gasteiger partial charge in [0.15, 0.2) is 0 Å². The van der Waals surface area contributed by atoms with Gasteiger partial charge in [0.2, 0.25) is 5.91 Å². The number of aliphatic hydroxyl groups is 1. The van der Waals surface area contributed by atoms with E-state index in [-0.39, 0.29) is 24.3 Å². The summed E-state index contributed by atoms with van der Waals surface area (Å²) in [5.41, 5.74) is 1.22. The van der Waals surface area contributed by atoms with Crippen LogP contribution in [0, 0.1) is 11.8 Å². The molecule has 0 radical (unpaired) electrons. The van der Waals surface area contributed by atoms with Gasteiger partial charge in [-0.05, 0) is 36.6 Å². The van der Waals surface area contributed by atoms with Crippen LogP contribution in [0.2, 0.25) is 0 Å². The van der Waals surface area contributed by atoms with Gasteiger partial charge in [0.1, 0.15) is 0 Å². The molecule has 0 saturated carbocycles. The Hall–Kier alpha value is -1.88. The molecule has 0 fully saturated rings. The average molecular weight is 306 g/mol. The molecule has 0 aliphatic heterocycles. The first-order valence-electron chi connectivity index (χ1n) is 7.79. The van der Waals surface area contributed by atoms with Gasteiger partial charge in [-0.25, -0.2) is 0 Å². The zero-order chi connectivity index (χ0) is 16.5. The van der Waals surface area contributed by atoms with E-state index in [9.17, 15) is 9.59 Å². The number of rotatable bonds is 8. The number of carbonyl (C=O) groups excluding carboxylic acids is 2. The number of hydrogen-bond acceptors (Lipinski definition) is 3. The van der Waals surface area contributed by atoms with E-state index in [0.29, 0.717) is 30.1 Å². The molecular weight excluding hydrogens is 280 g/mol. The van der Waals surface area contributed by atoms with Gasteiger partial charge < -0.3 is 15.7 Å². The summed E-state index contributed by atoms with van der Waals surface area (Å²) in [4.78, 5) is 23.9. The summed E-state index contributed by atoms with van der Waals surface area (Å²) in [6.45, 7) is 6.55. The molecule has 3 N–H and O–H groups in total. The van der Waals surface area contributed by atoms with Crippen molar-refractivity contribution in [2.45, 2.75) is 33.6 Å². The molecule has 1 aromatic rings. The monoisotopic (exact) mass is 306 g/mol. The molecule has 0 aromatic heterocycles. The van der Waals surface area contributed by atoms with E-state index in [1.807, 2.05) is 6.92 Å². The number of carbonyl (C=O) groups is 2. The summed E-state index contributed by atoms with van der Waals surface area (Å²) in [6, 6.07) is 6.81. The second-order valence-electron chi connectivity index (χ2n) is 5.57. The van der Waals surface area contributed by atoms with E-state index in [2.05, 4.69) is 24.5 Å². The van der Waals surface area contributed by atoms with Crippen molar-refractivity contribution >= 4 is 17.5 Å². The highest BCUT2D eigenvalue weighted by molar-refractivity contribution is 5.96. The minimum atomic E-state index is -0.181. The summed E-state index contributed by atoms with van der Waals surface area (Å²) >= 11 is 0. The lowest BCUT2D eigenvalue weighted by molar-refractivity contribution is -0.120. The second-order valence-corrected chi connectivity index (χ2v) is 5.57. The van der Waals surface area contributed by atoms with Crippen molar-refractivity contribution < 1.29 is 14.7 Å². The maximum atomic E-state index is 12.1. The minimum Gasteiger partial charge on any atom is -0.396 e. The fourth-order valence-electron chi connectivity index (χ4n) is 1.96. The van der Waals surface area contributed by atoms with Crippen LogP contribution in [0.15, 0.2) is 24.3 Å². The summed E-state index contributed by atoms with van der Waals surface area (Å²) < 4.78 is 0. The van der Waals surface area contributed by atoms with Crippen LogP contribution in [0.4, 0.5) is 5.69 Å². The zero-order valence-electron chi connectivity index (χ0n) is 13.6. The molecule has 0 spiro atoms. The van der Waals surface area contributed by atoms with Crippen LogP contribution < -0.4 is 10.6 Å². The largest absolute Gasteiger partial charge is 0.396 e. The van der Waals surface area contributed by atoms with Crippen molar-refractivity contribution in [3.05, 3.63) is 29.8 Å². The molecule has 5 heteroatoms. The van der Waals surface area contributed by atoms with E-state index in [4.69, 9.17) is 5.11 Å². The quantitative estimate of drug-likeness (QED) is 0.645. The van der Waals surface area contributed by atoms with E-state index < -0.39 is 0 Å². The third-order valence-corrected chi connectivity index (χ3v) is 3.95. The Morgan fingerprint density at radius 3 is 2.36 bits per heavy atom. The SMILES string of the molecule is CCC(C)C(C)C(=O)Nc1ccc(C(=O)NCCCO)cc1. The normalized spacial score (nSPS) is 13.3. The highest BCUT2D eigenvalue weighted by atomic mass is 16.3. The molecule has 0 aliphatic rings. The Balaban J connectivity index is 2.58. The molecule has 5 nitrogen and oxygen atoms in total. The molecule has 122 valence electrons. The fourth-order valence-corrected chi connectivity index (χ4v) is 1.96. The van der Waals surface area contributed by atoms with Crippen molar-refractivity contribution in [1.82, 2.24) is 5.32 Å². The lowest BCUT2D eigenvalue weighted by Crippen LogP contribution is -2.26. The molecule has 2 amide bonds. The highest BCUT2D eigenvalue weighted by Gasteiger charge is 2.18. The van der Waals surface area contributed by atoms with Crippen molar-refractivity contribution in [2.75, 3.05) is 18.5 Å². The minimum absolute atomic E-state index is 0.00510. The zero-order valence-corrected chi connectivity index (χ0v) is 13.6. The standard InChI is InChI=1S/C17H26N2O3/c1-4-12(2)13(3)16(21)19-15-8-6-14(7-9-15)17(22)18-10-5-11-20/h6-9,12-13,20H,4-5,10-11H2,1-3H3,(H,18,22)(H,19,21). The smallest absolute Gasteiger partial charge is 0.251 e. The highest BCUT2D eigenvalue weighted by Crippen LogP contribution is 2.17. The number of benzene rings is 1. The number of nitrogens with one attached hydrogen (secondary N) is 2. The molecular formula is C17H26N2O3. The van der Waals surface area contributed by atoms with Gasteiger partial charge in [-0.3, -0.25) is 9.59 Å². The number of anilines is 1. The first kappa shape index (κ1) is 18.2. The van der Waals surface area contributed by atoms with Gasteiger partial charge in [0.25, 0.3) is 5.91 Å². The van der Waals surface area contributed by atoms with Crippen LogP contribution in [0.1, 0.15) is 44.0 Å². The van der Waals surface area contributed by atoms with Crippen molar-refractivity contribution in [3.8, 4) is 0 Å². The topological polar surface area (TPSA) is 78.4 Å². The lowest BCUT2D eigenvalue weighted by Gasteiger charge is -2.17. The number of hydrogen-bond donors (Lipinski definition) is 3. The third kappa shape index (κ3) is 5.48. The van der Waals surface area contributed by atoms with E-state index in [1.165, 1.54) is 0 Å². The summed E-state index contributed by atoms with van der Waals surface area (Å²) in [6.07, 6.45) is 1.49. The van der Waals surface area contributed by atoms with Crippen LogP contribution in [0.25, 0.3) is 0 Å². The van der Waals surface area contributed by atoms with Gasteiger partial charge >= 0.3 is 0 Å². The molecule has 2 unspecified atom stereocenters. The predicted molar refractivity (Wildman–Crippen MR) is 87.7 cm³/mol. The molecule has 1 rings (SSSR count). The first-order valence-corrected chi connectivity index (χ1v) is 7.79. The number of amides is 2. The van der Waals surface area contributed by atoms with Crippen LogP contribution >= 0.6 is 0 Å². The van der Waals surface area contributed by atoms with Crippen molar-refractivity contribution in [3.63, 3.8) is 0 Å². The molecule has 0 bridgehead atoms. The Bertz CT molecular complexity index is 485. The van der Waals surface area contributed by atoms with Gasteiger partial charge in [0.05, 0.1) is 0 Å². The van der Waals surface area contributed by atoms with Crippen LogP contribution in [-0.4, -0.2) is 30.1 Å². The molecule has 0 aliphatic carbocycles. The Morgan fingerprint density at radius 2 is 1.82 bits per heavy atom. The summed E-state index contributed by atoms with van der Waals surface area (Å²) in [7, 11) is 0.